The monoisotopic (exact) mass is 395 g/mol. The predicted molar refractivity (Wildman–Crippen MR) is 116 cm³/mol. The average molecular weight is 396 g/mol. The molecule has 0 radical (unpaired) electrons. The highest BCUT2D eigenvalue weighted by Crippen LogP contribution is 2.33. The van der Waals surface area contributed by atoms with Crippen LogP contribution in [0.25, 0.3) is 11.2 Å². The van der Waals surface area contributed by atoms with Crippen molar-refractivity contribution < 1.29 is 0 Å². The van der Waals surface area contributed by atoms with Crippen molar-refractivity contribution in [3.05, 3.63) is 50.7 Å². The predicted octanol–water partition coefficient (Wildman–Crippen LogP) is 3.04. The first-order chi connectivity index (χ1) is 13.8. The molecular formula is C22H29N5O2. The number of benzene rings is 1. The van der Waals surface area contributed by atoms with Crippen LogP contribution in [-0.2, 0) is 20.1 Å². The lowest BCUT2D eigenvalue weighted by atomic mass is 10.1. The largest absolute Gasteiger partial charge is 0.332 e. The number of hydrogen-bond donors (Lipinski definition) is 0. The Bertz CT molecular complexity index is 1180. The number of anilines is 2. The summed E-state index contributed by atoms with van der Waals surface area (Å²) in [4.78, 5) is 33.1. The molecule has 1 aliphatic rings. The van der Waals surface area contributed by atoms with Gasteiger partial charge in [-0.15, -0.1) is 0 Å². The highest BCUT2D eigenvalue weighted by Gasteiger charge is 2.29. The molecule has 7 heteroatoms. The molecule has 0 bridgehead atoms. The van der Waals surface area contributed by atoms with Crippen LogP contribution in [0.2, 0.25) is 0 Å². The van der Waals surface area contributed by atoms with Gasteiger partial charge in [0, 0.05) is 32.4 Å². The first-order valence-corrected chi connectivity index (χ1v) is 10.3. The standard InChI is InChI=1S/C22H29N5O2/c1-14(2)9-10-25-20(28)18-19(24(5)22(25)29)23-21-26(12-16(4)13-27(18)21)17-8-6-7-15(3)11-17/h6-8,11,14,16H,9-10,12-13H2,1-5H3/t16-/m1/s1. The lowest BCUT2D eigenvalue weighted by Crippen LogP contribution is -2.40. The van der Waals surface area contributed by atoms with Gasteiger partial charge in [0.25, 0.3) is 5.56 Å². The van der Waals surface area contributed by atoms with Crippen molar-refractivity contribution in [2.24, 2.45) is 18.9 Å². The van der Waals surface area contributed by atoms with Crippen LogP contribution in [0.15, 0.2) is 33.9 Å². The maximum Gasteiger partial charge on any atom is 0.332 e. The minimum atomic E-state index is -0.297. The molecule has 1 aliphatic heterocycles. The number of imidazole rings is 1. The summed E-state index contributed by atoms with van der Waals surface area (Å²) in [5.74, 6) is 1.50. The summed E-state index contributed by atoms with van der Waals surface area (Å²) >= 11 is 0. The van der Waals surface area contributed by atoms with Gasteiger partial charge < -0.3 is 9.47 Å². The van der Waals surface area contributed by atoms with Crippen LogP contribution in [0.1, 0.15) is 32.8 Å². The molecule has 0 N–H and O–H groups in total. The van der Waals surface area contributed by atoms with Gasteiger partial charge in [-0.1, -0.05) is 32.9 Å². The minimum Gasteiger partial charge on any atom is -0.312 e. The second-order valence-electron chi connectivity index (χ2n) is 8.73. The van der Waals surface area contributed by atoms with E-state index < -0.39 is 0 Å². The lowest BCUT2D eigenvalue weighted by molar-refractivity contribution is 0.455. The summed E-state index contributed by atoms with van der Waals surface area (Å²) < 4.78 is 4.88. The van der Waals surface area contributed by atoms with Crippen molar-refractivity contribution in [2.45, 2.75) is 47.2 Å². The normalized spacial score (nSPS) is 16.6. The highest BCUT2D eigenvalue weighted by molar-refractivity contribution is 5.77. The second-order valence-corrected chi connectivity index (χ2v) is 8.73. The first kappa shape index (κ1) is 19.5. The van der Waals surface area contributed by atoms with Crippen molar-refractivity contribution in [1.29, 1.82) is 0 Å². The Labute approximate surface area is 170 Å². The van der Waals surface area contributed by atoms with Crippen molar-refractivity contribution in [1.82, 2.24) is 18.7 Å². The van der Waals surface area contributed by atoms with Crippen LogP contribution in [0.5, 0.6) is 0 Å². The number of aromatic nitrogens is 4. The molecule has 1 atom stereocenters. The van der Waals surface area contributed by atoms with Gasteiger partial charge in [0.1, 0.15) is 0 Å². The third-order valence-corrected chi connectivity index (χ3v) is 5.69. The van der Waals surface area contributed by atoms with E-state index in [4.69, 9.17) is 4.98 Å². The van der Waals surface area contributed by atoms with Crippen molar-refractivity contribution >= 4 is 22.8 Å². The van der Waals surface area contributed by atoms with Crippen LogP contribution < -0.4 is 16.1 Å². The van der Waals surface area contributed by atoms with Gasteiger partial charge in [-0.05, 0) is 42.9 Å². The van der Waals surface area contributed by atoms with Gasteiger partial charge in [-0.3, -0.25) is 13.9 Å². The SMILES string of the molecule is Cc1cccc(N2C[C@@H](C)Cn3c2nc2c3c(=O)n(CCC(C)C)c(=O)n2C)c1. The van der Waals surface area contributed by atoms with E-state index >= 15 is 0 Å². The van der Waals surface area contributed by atoms with E-state index in [1.807, 2.05) is 10.6 Å². The smallest absolute Gasteiger partial charge is 0.312 e. The first-order valence-electron chi connectivity index (χ1n) is 10.3. The molecule has 0 saturated carbocycles. The maximum atomic E-state index is 13.3. The summed E-state index contributed by atoms with van der Waals surface area (Å²) in [6.07, 6.45) is 0.785. The van der Waals surface area contributed by atoms with Gasteiger partial charge >= 0.3 is 5.69 Å². The van der Waals surface area contributed by atoms with Crippen molar-refractivity contribution in [3.8, 4) is 0 Å². The van der Waals surface area contributed by atoms with Gasteiger partial charge in [0.2, 0.25) is 5.95 Å². The molecule has 2 aromatic heterocycles. The Balaban J connectivity index is 1.95. The number of hydrogen-bond acceptors (Lipinski definition) is 4. The van der Waals surface area contributed by atoms with E-state index in [1.165, 1.54) is 14.7 Å². The van der Waals surface area contributed by atoms with Crippen LogP contribution >= 0.6 is 0 Å². The van der Waals surface area contributed by atoms with Crippen molar-refractivity contribution in [3.63, 3.8) is 0 Å². The van der Waals surface area contributed by atoms with Gasteiger partial charge in [-0.25, -0.2) is 4.79 Å². The van der Waals surface area contributed by atoms with Gasteiger partial charge in [-0.2, -0.15) is 4.98 Å². The molecule has 0 aliphatic carbocycles. The van der Waals surface area contributed by atoms with Crippen molar-refractivity contribution in [2.75, 3.05) is 11.4 Å². The summed E-state index contributed by atoms with van der Waals surface area (Å²) in [5, 5.41) is 0. The molecule has 3 heterocycles. The zero-order chi connectivity index (χ0) is 20.9. The molecule has 3 aromatic rings. The van der Waals surface area contributed by atoms with Gasteiger partial charge in [0.05, 0.1) is 0 Å². The van der Waals surface area contributed by atoms with Crippen LogP contribution in [0, 0.1) is 18.8 Å². The molecule has 0 amide bonds. The van der Waals surface area contributed by atoms with E-state index in [2.05, 4.69) is 50.8 Å². The second kappa shape index (κ2) is 7.21. The molecule has 1 aromatic carbocycles. The Morgan fingerprint density at radius 3 is 2.66 bits per heavy atom. The van der Waals surface area contributed by atoms with E-state index in [1.54, 1.807) is 7.05 Å². The molecule has 0 fully saturated rings. The van der Waals surface area contributed by atoms with Crippen LogP contribution in [-0.4, -0.2) is 25.2 Å². The lowest BCUT2D eigenvalue weighted by Gasteiger charge is -2.33. The maximum absolute atomic E-state index is 13.3. The quantitative estimate of drug-likeness (QED) is 0.681. The number of fused-ring (bicyclic) bond motifs is 3. The molecule has 7 nitrogen and oxygen atoms in total. The molecule has 154 valence electrons. The third kappa shape index (κ3) is 3.28. The topological polar surface area (TPSA) is 65.1 Å². The van der Waals surface area contributed by atoms with E-state index in [0.29, 0.717) is 36.1 Å². The van der Waals surface area contributed by atoms with E-state index in [9.17, 15) is 9.59 Å². The Hall–Kier alpha value is -2.83. The Morgan fingerprint density at radius 1 is 1.21 bits per heavy atom. The minimum absolute atomic E-state index is 0.235. The zero-order valence-corrected chi connectivity index (χ0v) is 17.8. The Morgan fingerprint density at radius 2 is 1.97 bits per heavy atom. The van der Waals surface area contributed by atoms with Crippen LogP contribution in [0.3, 0.4) is 0 Å². The summed E-state index contributed by atoms with van der Waals surface area (Å²) in [5.41, 5.74) is 2.68. The fourth-order valence-electron chi connectivity index (χ4n) is 4.10. The molecule has 0 saturated heterocycles. The van der Waals surface area contributed by atoms with E-state index in [-0.39, 0.29) is 11.2 Å². The summed E-state index contributed by atoms with van der Waals surface area (Å²) in [7, 11) is 1.70. The molecular weight excluding hydrogens is 366 g/mol. The highest BCUT2D eigenvalue weighted by atomic mass is 16.2. The number of nitrogens with zero attached hydrogens (tertiary/aromatic N) is 5. The molecule has 29 heavy (non-hydrogen) atoms. The van der Waals surface area contributed by atoms with E-state index in [0.717, 1.165) is 24.6 Å². The zero-order valence-electron chi connectivity index (χ0n) is 17.8. The number of rotatable bonds is 4. The van der Waals surface area contributed by atoms with Crippen LogP contribution in [0.4, 0.5) is 11.6 Å². The average Bonchev–Trinajstić information content (AvgIpc) is 3.05. The summed E-state index contributed by atoms with van der Waals surface area (Å²) in [6.45, 7) is 10.4. The molecule has 4 rings (SSSR count). The molecule has 0 spiro atoms. The fraction of sp³-hybridized carbons (Fsp3) is 0.500. The summed E-state index contributed by atoms with van der Waals surface area (Å²) in [6, 6.07) is 8.29. The fourth-order valence-corrected chi connectivity index (χ4v) is 4.10. The van der Waals surface area contributed by atoms with Gasteiger partial charge in [0.15, 0.2) is 11.2 Å². The molecule has 0 unspecified atom stereocenters. The third-order valence-electron chi connectivity index (χ3n) is 5.69. The Kier molecular flexibility index (Phi) is 4.84. The number of aryl methyl sites for hydroxylation is 2.